The molecule has 8 nitrogen and oxygen atoms in total. The molecule has 0 unspecified atom stereocenters. The van der Waals surface area contributed by atoms with Gasteiger partial charge in [0.2, 0.25) is 5.82 Å². The number of aromatic carboxylic acids is 1. The van der Waals surface area contributed by atoms with Crippen LogP contribution in [-0.4, -0.2) is 38.5 Å². The number of pyridine rings is 2. The van der Waals surface area contributed by atoms with Gasteiger partial charge in [0.1, 0.15) is 10.8 Å². The van der Waals surface area contributed by atoms with Crippen molar-refractivity contribution in [3.8, 4) is 0 Å². The first-order valence-electron chi connectivity index (χ1n) is 10.1. The van der Waals surface area contributed by atoms with Gasteiger partial charge in [0.05, 0.1) is 16.8 Å². The maximum atomic E-state index is 14.9. The number of carbonyl (C=O) groups is 1. The highest BCUT2D eigenvalue weighted by Gasteiger charge is 2.24. The molecule has 0 aromatic carbocycles. The zero-order valence-corrected chi connectivity index (χ0v) is 18.6. The molecule has 0 bridgehead atoms. The molecule has 1 atom stereocenters. The molecule has 3 aromatic rings. The van der Waals surface area contributed by atoms with Gasteiger partial charge in [-0.05, 0) is 44.4 Å². The molecule has 0 saturated carbocycles. The number of hydrogen-bond acceptors (Lipinski definition) is 6. The maximum absolute atomic E-state index is 14.9. The van der Waals surface area contributed by atoms with E-state index in [-0.39, 0.29) is 33.0 Å². The highest BCUT2D eigenvalue weighted by atomic mass is 35.5. The van der Waals surface area contributed by atoms with Gasteiger partial charge < -0.3 is 15.3 Å². The van der Waals surface area contributed by atoms with Gasteiger partial charge in [0.25, 0.3) is 5.56 Å². The van der Waals surface area contributed by atoms with Crippen LogP contribution in [0.25, 0.3) is 5.65 Å². The van der Waals surface area contributed by atoms with Gasteiger partial charge in [-0.25, -0.2) is 14.8 Å². The van der Waals surface area contributed by atoms with E-state index < -0.39 is 23.4 Å². The largest absolute Gasteiger partial charge is 0.476 e. The summed E-state index contributed by atoms with van der Waals surface area (Å²) in [5.41, 5.74) is -0.126. The third-order valence-electron chi connectivity index (χ3n) is 5.40. The van der Waals surface area contributed by atoms with Crippen molar-refractivity contribution < 1.29 is 14.3 Å². The average Bonchev–Trinajstić information content (AvgIpc) is 2.77. The predicted molar refractivity (Wildman–Crippen MR) is 121 cm³/mol. The van der Waals surface area contributed by atoms with Crippen LogP contribution in [0.4, 0.5) is 15.9 Å². The summed E-state index contributed by atoms with van der Waals surface area (Å²) in [7, 11) is 0. The van der Waals surface area contributed by atoms with Gasteiger partial charge in [-0.3, -0.25) is 9.20 Å². The number of rotatable bonds is 5. The number of anilines is 2. The van der Waals surface area contributed by atoms with Crippen LogP contribution in [0, 0.1) is 5.82 Å². The van der Waals surface area contributed by atoms with Crippen molar-refractivity contribution in [1.82, 2.24) is 14.4 Å². The minimum absolute atomic E-state index is 0.0184. The van der Waals surface area contributed by atoms with Gasteiger partial charge in [0.15, 0.2) is 11.5 Å². The zero-order valence-electron chi connectivity index (χ0n) is 17.1. The van der Waals surface area contributed by atoms with E-state index in [1.54, 1.807) is 17.9 Å². The molecular weight excluding hydrogens is 460 g/mol. The molecule has 4 heterocycles. The van der Waals surface area contributed by atoms with Crippen molar-refractivity contribution in [3.63, 3.8) is 0 Å². The van der Waals surface area contributed by atoms with E-state index in [0.717, 1.165) is 23.7 Å². The average molecular weight is 480 g/mol. The van der Waals surface area contributed by atoms with E-state index in [4.69, 9.17) is 23.2 Å². The molecule has 168 valence electrons. The number of carboxylic acid groups (broad SMARTS) is 1. The number of aromatic nitrogens is 3. The smallest absolute Gasteiger partial charge is 0.356 e. The molecule has 0 spiro atoms. The topological polar surface area (TPSA) is 99.8 Å². The molecule has 1 aliphatic heterocycles. The van der Waals surface area contributed by atoms with E-state index in [1.807, 2.05) is 0 Å². The van der Waals surface area contributed by atoms with E-state index in [9.17, 15) is 19.1 Å². The fourth-order valence-electron chi connectivity index (χ4n) is 3.86. The fourth-order valence-corrected chi connectivity index (χ4v) is 4.22. The minimum Gasteiger partial charge on any atom is -0.476 e. The third kappa shape index (κ3) is 4.22. The Bertz CT molecular complexity index is 1260. The summed E-state index contributed by atoms with van der Waals surface area (Å²) in [5, 5.41) is 12.8. The number of carboxylic acids is 1. The Hall–Kier alpha value is -2.91. The molecule has 0 radical (unpaired) electrons. The SMILES string of the molecule is C[C@@H](Nc1ccc(Cl)nc1C(=O)O)c1cc(Cl)cn2c(=O)c(F)c(N3CCCCC3)nc12. The lowest BCUT2D eigenvalue weighted by atomic mass is 10.1. The minimum atomic E-state index is -1.25. The first kappa shape index (κ1) is 22.3. The predicted octanol–water partition coefficient (Wildman–Crippen LogP) is 4.40. The van der Waals surface area contributed by atoms with Crippen LogP contribution in [0.2, 0.25) is 10.2 Å². The normalized spacial score (nSPS) is 15.1. The van der Waals surface area contributed by atoms with Gasteiger partial charge in [-0.2, -0.15) is 4.39 Å². The number of nitrogens with zero attached hydrogens (tertiary/aromatic N) is 4. The van der Waals surface area contributed by atoms with Crippen molar-refractivity contribution >= 4 is 46.3 Å². The molecule has 4 rings (SSSR count). The lowest BCUT2D eigenvalue weighted by molar-refractivity contribution is 0.0691. The van der Waals surface area contributed by atoms with Gasteiger partial charge in [-0.1, -0.05) is 23.2 Å². The van der Waals surface area contributed by atoms with Crippen LogP contribution in [0.15, 0.2) is 29.2 Å². The number of nitrogens with one attached hydrogen (secondary N) is 1. The fraction of sp³-hybridized carbons (Fsp3) is 0.333. The molecule has 1 fully saturated rings. The molecular formula is C21H20Cl2FN5O3. The summed E-state index contributed by atoms with van der Waals surface area (Å²) < 4.78 is 16.0. The van der Waals surface area contributed by atoms with E-state index >= 15 is 0 Å². The molecule has 0 amide bonds. The van der Waals surface area contributed by atoms with Crippen LogP contribution >= 0.6 is 23.2 Å². The van der Waals surface area contributed by atoms with Crippen molar-refractivity contribution in [2.24, 2.45) is 0 Å². The third-order valence-corrected chi connectivity index (χ3v) is 5.82. The summed E-state index contributed by atoms with van der Waals surface area (Å²) in [6.07, 6.45) is 4.16. The Labute approximate surface area is 192 Å². The highest BCUT2D eigenvalue weighted by molar-refractivity contribution is 6.30. The van der Waals surface area contributed by atoms with E-state index in [1.165, 1.54) is 18.3 Å². The van der Waals surface area contributed by atoms with Crippen LogP contribution in [0.5, 0.6) is 0 Å². The maximum Gasteiger partial charge on any atom is 0.356 e. The molecule has 11 heteroatoms. The van der Waals surface area contributed by atoms with Crippen LogP contribution in [0.1, 0.15) is 48.3 Å². The second-order valence-corrected chi connectivity index (χ2v) is 8.43. The van der Waals surface area contributed by atoms with Crippen LogP contribution in [0.3, 0.4) is 0 Å². The van der Waals surface area contributed by atoms with Crippen LogP contribution in [-0.2, 0) is 0 Å². The first-order chi connectivity index (χ1) is 15.3. The quantitative estimate of drug-likeness (QED) is 0.523. The Morgan fingerprint density at radius 1 is 1.22 bits per heavy atom. The Morgan fingerprint density at radius 3 is 2.62 bits per heavy atom. The van der Waals surface area contributed by atoms with Gasteiger partial charge in [-0.15, -0.1) is 0 Å². The molecule has 0 aliphatic carbocycles. The molecule has 32 heavy (non-hydrogen) atoms. The number of hydrogen-bond donors (Lipinski definition) is 2. The second kappa shape index (κ2) is 8.91. The lowest BCUT2D eigenvalue weighted by Gasteiger charge is -2.28. The van der Waals surface area contributed by atoms with Gasteiger partial charge in [0, 0.05) is 24.8 Å². The van der Waals surface area contributed by atoms with E-state index in [2.05, 4.69) is 15.3 Å². The number of piperidine rings is 1. The first-order valence-corrected chi connectivity index (χ1v) is 10.8. The van der Waals surface area contributed by atoms with Crippen LogP contribution < -0.4 is 15.8 Å². The highest BCUT2D eigenvalue weighted by Crippen LogP contribution is 2.29. The monoisotopic (exact) mass is 479 g/mol. The van der Waals surface area contributed by atoms with Crippen molar-refractivity contribution in [3.05, 3.63) is 62.0 Å². The standard InChI is InChI=1S/C21H20Cl2FN5O3/c1-11(25-14-5-6-15(23)26-17(14)21(31)32)13-9-12(22)10-29-18(13)27-19(16(24)20(29)30)28-7-3-2-4-8-28/h5-6,9-11,25H,2-4,7-8H2,1H3,(H,31,32)/t11-/m1/s1. The molecule has 3 aromatic heterocycles. The summed E-state index contributed by atoms with van der Waals surface area (Å²) in [4.78, 5) is 34.5. The molecule has 1 aliphatic rings. The zero-order chi connectivity index (χ0) is 23.0. The van der Waals surface area contributed by atoms with E-state index in [0.29, 0.717) is 18.7 Å². The summed E-state index contributed by atoms with van der Waals surface area (Å²) in [5.74, 6) is -2.15. The van der Waals surface area contributed by atoms with Gasteiger partial charge >= 0.3 is 5.97 Å². The summed E-state index contributed by atoms with van der Waals surface area (Å²) in [6.45, 7) is 2.99. The molecule has 1 saturated heterocycles. The Kier molecular flexibility index (Phi) is 6.21. The Balaban J connectivity index is 1.82. The number of fused-ring (bicyclic) bond motifs is 1. The second-order valence-electron chi connectivity index (χ2n) is 7.61. The van der Waals surface area contributed by atoms with Crippen molar-refractivity contribution in [2.45, 2.75) is 32.2 Å². The summed E-state index contributed by atoms with van der Waals surface area (Å²) >= 11 is 12.0. The number of halogens is 3. The van der Waals surface area contributed by atoms with Crippen molar-refractivity contribution in [2.75, 3.05) is 23.3 Å². The van der Waals surface area contributed by atoms with Crippen molar-refractivity contribution in [1.29, 1.82) is 0 Å². The Morgan fingerprint density at radius 2 is 1.94 bits per heavy atom. The summed E-state index contributed by atoms with van der Waals surface area (Å²) in [6, 6.07) is 4.03. The molecule has 2 N–H and O–H groups in total. The lowest BCUT2D eigenvalue weighted by Crippen LogP contribution is -2.34.